The molecule has 0 spiro atoms. The van der Waals surface area contributed by atoms with Gasteiger partial charge in [0.1, 0.15) is 11.5 Å². The Morgan fingerprint density at radius 3 is 2.41 bits per heavy atom. The zero-order chi connectivity index (χ0) is 19.8. The van der Waals surface area contributed by atoms with Crippen molar-refractivity contribution in [3.05, 3.63) is 51.5 Å². The van der Waals surface area contributed by atoms with E-state index < -0.39 is 4.92 Å². The summed E-state index contributed by atoms with van der Waals surface area (Å²) in [7, 11) is 2.98. The highest BCUT2D eigenvalue weighted by Crippen LogP contribution is 2.35. The van der Waals surface area contributed by atoms with E-state index in [1.54, 1.807) is 24.3 Å². The first-order valence-electron chi connectivity index (χ1n) is 8.14. The molecule has 0 radical (unpaired) electrons. The standard InChI is InChI=1S/C18H20ClN3O5/c1-26-16-11-15(17(27-2)10-14(16)19)21-18(23)4-3-9-20-12-5-7-13(8-6-12)22(24)25/h5-8,10-11,20H,3-4,9H2,1-2H3,(H,21,23). The summed E-state index contributed by atoms with van der Waals surface area (Å²) in [4.78, 5) is 22.3. The van der Waals surface area contributed by atoms with E-state index in [-0.39, 0.29) is 18.0 Å². The molecule has 2 rings (SSSR count). The fourth-order valence-corrected chi connectivity index (χ4v) is 2.58. The lowest BCUT2D eigenvalue weighted by Gasteiger charge is -2.13. The molecule has 0 unspecified atom stereocenters. The van der Waals surface area contributed by atoms with Gasteiger partial charge in [0.2, 0.25) is 5.91 Å². The number of methoxy groups -OCH3 is 2. The minimum absolute atomic E-state index is 0.0345. The minimum Gasteiger partial charge on any atom is -0.495 e. The number of carbonyl (C=O) groups is 1. The summed E-state index contributed by atoms with van der Waals surface area (Å²) in [5.41, 5.74) is 1.27. The van der Waals surface area contributed by atoms with Gasteiger partial charge in [0, 0.05) is 42.9 Å². The molecule has 0 heterocycles. The second-order valence-corrected chi connectivity index (χ2v) is 5.98. The lowest BCUT2D eigenvalue weighted by atomic mass is 10.2. The minimum atomic E-state index is -0.450. The van der Waals surface area contributed by atoms with Crippen LogP contribution in [0.3, 0.4) is 0 Å². The lowest BCUT2D eigenvalue weighted by Crippen LogP contribution is -2.14. The number of nitro benzene ring substituents is 1. The highest BCUT2D eigenvalue weighted by atomic mass is 35.5. The highest BCUT2D eigenvalue weighted by Gasteiger charge is 2.12. The molecule has 144 valence electrons. The Hall–Kier alpha value is -3.00. The summed E-state index contributed by atoms with van der Waals surface area (Å²) in [5, 5.41) is 16.9. The third-order valence-electron chi connectivity index (χ3n) is 3.74. The molecule has 0 saturated heterocycles. The number of nitro groups is 1. The van der Waals surface area contributed by atoms with Gasteiger partial charge in [0.25, 0.3) is 5.69 Å². The van der Waals surface area contributed by atoms with Crippen molar-refractivity contribution in [2.75, 3.05) is 31.4 Å². The van der Waals surface area contributed by atoms with Crippen LogP contribution in [0.2, 0.25) is 5.02 Å². The molecule has 0 aliphatic rings. The van der Waals surface area contributed by atoms with Crippen molar-refractivity contribution in [1.29, 1.82) is 0 Å². The fourth-order valence-electron chi connectivity index (χ4n) is 2.35. The van der Waals surface area contributed by atoms with Gasteiger partial charge >= 0.3 is 0 Å². The number of non-ortho nitro benzene ring substituents is 1. The number of nitrogens with one attached hydrogen (secondary N) is 2. The van der Waals surface area contributed by atoms with Gasteiger partial charge in [-0.1, -0.05) is 11.6 Å². The van der Waals surface area contributed by atoms with E-state index in [9.17, 15) is 14.9 Å². The van der Waals surface area contributed by atoms with Crippen LogP contribution in [0.15, 0.2) is 36.4 Å². The molecular formula is C18H20ClN3O5. The van der Waals surface area contributed by atoms with Crippen molar-refractivity contribution in [2.45, 2.75) is 12.8 Å². The number of nitrogens with zero attached hydrogens (tertiary/aromatic N) is 1. The number of amides is 1. The van der Waals surface area contributed by atoms with Crippen molar-refractivity contribution in [2.24, 2.45) is 0 Å². The Morgan fingerprint density at radius 2 is 1.81 bits per heavy atom. The van der Waals surface area contributed by atoms with E-state index >= 15 is 0 Å². The smallest absolute Gasteiger partial charge is 0.269 e. The second kappa shape index (κ2) is 9.63. The Morgan fingerprint density at radius 1 is 1.15 bits per heavy atom. The number of hydrogen-bond donors (Lipinski definition) is 2. The maximum atomic E-state index is 12.2. The van der Waals surface area contributed by atoms with Crippen LogP contribution >= 0.6 is 11.6 Å². The number of rotatable bonds is 9. The zero-order valence-corrected chi connectivity index (χ0v) is 15.7. The maximum absolute atomic E-state index is 12.2. The topological polar surface area (TPSA) is 103 Å². The quantitative estimate of drug-likeness (QED) is 0.378. The normalized spacial score (nSPS) is 10.2. The third-order valence-corrected chi connectivity index (χ3v) is 4.03. The molecule has 0 aromatic heterocycles. The molecule has 2 aromatic rings. The molecule has 0 fully saturated rings. The largest absolute Gasteiger partial charge is 0.495 e. The summed E-state index contributed by atoms with van der Waals surface area (Å²) in [6.45, 7) is 0.548. The van der Waals surface area contributed by atoms with Crippen LogP contribution in [0.5, 0.6) is 11.5 Å². The number of halogens is 1. The summed E-state index contributed by atoms with van der Waals surface area (Å²) < 4.78 is 10.4. The van der Waals surface area contributed by atoms with Crippen LogP contribution in [0.4, 0.5) is 17.1 Å². The van der Waals surface area contributed by atoms with Gasteiger partial charge in [-0.15, -0.1) is 0 Å². The number of benzene rings is 2. The van der Waals surface area contributed by atoms with Crippen LogP contribution in [0, 0.1) is 10.1 Å². The maximum Gasteiger partial charge on any atom is 0.269 e. The van der Waals surface area contributed by atoms with Gasteiger partial charge in [0.15, 0.2) is 0 Å². The van der Waals surface area contributed by atoms with Crippen LogP contribution in [-0.4, -0.2) is 31.6 Å². The van der Waals surface area contributed by atoms with Crippen molar-refractivity contribution >= 4 is 34.6 Å². The second-order valence-electron chi connectivity index (χ2n) is 5.57. The number of hydrogen-bond acceptors (Lipinski definition) is 6. The highest BCUT2D eigenvalue weighted by molar-refractivity contribution is 6.32. The predicted molar refractivity (Wildman–Crippen MR) is 104 cm³/mol. The van der Waals surface area contributed by atoms with Crippen LogP contribution in [-0.2, 0) is 4.79 Å². The number of ether oxygens (including phenoxy) is 2. The average Bonchev–Trinajstić information content (AvgIpc) is 2.66. The SMILES string of the molecule is COc1cc(NC(=O)CCCNc2ccc([N+](=O)[O-])cc2)c(OC)cc1Cl. The third kappa shape index (κ3) is 5.75. The first-order valence-corrected chi connectivity index (χ1v) is 8.52. The molecule has 2 aromatic carbocycles. The van der Waals surface area contributed by atoms with Gasteiger partial charge in [-0.3, -0.25) is 14.9 Å². The van der Waals surface area contributed by atoms with Gasteiger partial charge in [-0.25, -0.2) is 0 Å². The van der Waals surface area contributed by atoms with Crippen molar-refractivity contribution in [1.82, 2.24) is 0 Å². The van der Waals surface area contributed by atoms with E-state index in [0.717, 1.165) is 5.69 Å². The number of anilines is 2. The Balaban J connectivity index is 1.83. The van der Waals surface area contributed by atoms with E-state index in [2.05, 4.69) is 10.6 Å². The molecule has 0 atom stereocenters. The van der Waals surface area contributed by atoms with Crippen LogP contribution in [0.1, 0.15) is 12.8 Å². The van der Waals surface area contributed by atoms with E-state index in [1.807, 2.05) is 0 Å². The first kappa shape index (κ1) is 20.3. The summed E-state index contributed by atoms with van der Waals surface area (Å²) in [5.74, 6) is 0.703. The molecule has 2 N–H and O–H groups in total. The van der Waals surface area contributed by atoms with E-state index in [0.29, 0.717) is 35.2 Å². The van der Waals surface area contributed by atoms with Crippen LogP contribution < -0.4 is 20.1 Å². The lowest BCUT2D eigenvalue weighted by molar-refractivity contribution is -0.384. The van der Waals surface area contributed by atoms with Gasteiger partial charge in [-0.05, 0) is 18.6 Å². The van der Waals surface area contributed by atoms with E-state index in [1.165, 1.54) is 26.4 Å². The molecule has 0 aliphatic carbocycles. The monoisotopic (exact) mass is 393 g/mol. The van der Waals surface area contributed by atoms with Crippen molar-refractivity contribution < 1.29 is 19.2 Å². The Kier molecular flexibility index (Phi) is 7.25. The molecular weight excluding hydrogens is 374 g/mol. The molecule has 8 nitrogen and oxygen atoms in total. The molecule has 1 amide bonds. The Bertz CT molecular complexity index is 811. The molecule has 0 aliphatic heterocycles. The van der Waals surface area contributed by atoms with Crippen molar-refractivity contribution in [3.63, 3.8) is 0 Å². The summed E-state index contributed by atoms with van der Waals surface area (Å²) in [6.07, 6.45) is 0.865. The Labute approximate surface area is 161 Å². The average molecular weight is 394 g/mol. The number of carbonyl (C=O) groups excluding carboxylic acids is 1. The van der Waals surface area contributed by atoms with Gasteiger partial charge < -0.3 is 20.1 Å². The molecule has 27 heavy (non-hydrogen) atoms. The summed E-state index contributed by atoms with van der Waals surface area (Å²) in [6, 6.07) is 9.29. The van der Waals surface area contributed by atoms with Gasteiger partial charge in [-0.2, -0.15) is 0 Å². The zero-order valence-electron chi connectivity index (χ0n) is 15.0. The van der Waals surface area contributed by atoms with Gasteiger partial charge in [0.05, 0.1) is 29.9 Å². The predicted octanol–water partition coefficient (Wildman–Crippen LogP) is 4.10. The van der Waals surface area contributed by atoms with Crippen molar-refractivity contribution in [3.8, 4) is 11.5 Å². The summed E-state index contributed by atoms with van der Waals surface area (Å²) >= 11 is 6.04. The van der Waals surface area contributed by atoms with Crippen LogP contribution in [0.25, 0.3) is 0 Å². The fraction of sp³-hybridized carbons (Fsp3) is 0.278. The van der Waals surface area contributed by atoms with E-state index in [4.69, 9.17) is 21.1 Å². The molecule has 0 saturated carbocycles. The first-order chi connectivity index (χ1) is 12.9. The molecule has 0 bridgehead atoms. The molecule has 9 heteroatoms.